The van der Waals surface area contributed by atoms with Gasteiger partial charge in [-0.2, -0.15) is 5.10 Å². The standard InChI is InChI=1S/C10H19N5O/c1-6(16-4)5-13-10-8(9(11)12)7(2)14-15(10)3/h6,13H,5H2,1-4H3,(H3,11,12). The first-order valence-electron chi connectivity index (χ1n) is 5.12. The first-order chi connectivity index (χ1) is 7.47. The molecule has 0 fully saturated rings. The summed E-state index contributed by atoms with van der Waals surface area (Å²) in [7, 11) is 3.48. The van der Waals surface area contributed by atoms with E-state index in [1.807, 2.05) is 20.9 Å². The fraction of sp³-hybridized carbons (Fsp3) is 0.600. The molecule has 1 atom stereocenters. The van der Waals surface area contributed by atoms with Crippen molar-refractivity contribution >= 4 is 11.7 Å². The smallest absolute Gasteiger partial charge is 0.135 e. The number of hydrogen-bond donors (Lipinski definition) is 3. The third-order valence-electron chi connectivity index (χ3n) is 2.45. The molecule has 1 aromatic heterocycles. The normalized spacial score (nSPS) is 12.5. The Morgan fingerprint density at radius 1 is 1.69 bits per heavy atom. The molecule has 0 aliphatic heterocycles. The predicted molar refractivity (Wildman–Crippen MR) is 63.9 cm³/mol. The maximum Gasteiger partial charge on any atom is 0.135 e. The number of rotatable bonds is 5. The maximum absolute atomic E-state index is 7.51. The van der Waals surface area contributed by atoms with Crippen molar-refractivity contribution in [2.24, 2.45) is 12.8 Å². The molecule has 0 spiro atoms. The molecule has 1 aromatic rings. The summed E-state index contributed by atoms with van der Waals surface area (Å²) in [5.41, 5.74) is 6.94. The summed E-state index contributed by atoms with van der Waals surface area (Å²) >= 11 is 0. The van der Waals surface area contributed by atoms with Gasteiger partial charge in [0.1, 0.15) is 11.7 Å². The second kappa shape index (κ2) is 4.98. The van der Waals surface area contributed by atoms with Crippen molar-refractivity contribution in [3.8, 4) is 0 Å². The van der Waals surface area contributed by atoms with Gasteiger partial charge in [0.25, 0.3) is 0 Å². The van der Waals surface area contributed by atoms with Crippen LogP contribution in [-0.4, -0.2) is 35.4 Å². The molecule has 4 N–H and O–H groups in total. The van der Waals surface area contributed by atoms with Crippen molar-refractivity contribution in [3.05, 3.63) is 11.3 Å². The number of anilines is 1. The topological polar surface area (TPSA) is 88.9 Å². The molecule has 0 bridgehead atoms. The third kappa shape index (κ3) is 2.52. The Morgan fingerprint density at radius 2 is 2.31 bits per heavy atom. The minimum absolute atomic E-state index is 0.0261. The Morgan fingerprint density at radius 3 is 2.81 bits per heavy atom. The van der Waals surface area contributed by atoms with Crippen LogP contribution in [0.1, 0.15) is 18.2 Å². The highest BCUT2D eigenvalue weighted by Crippen LogP contribution is 2.17. The van der Waals surface area contributed by atoms with Crippen molar-refractivity contribution in [3.63, 3.8) is 0 Å². The summed E-state index contributed by atoms with van der Waals surface area (Å²) in [6, 6.07) is 0. The van der Waals surface area contributed by atoms with Crippen LogP contribution in [0.25, 0.3) is 0 Å². The summed E-state index contributed by atoms with van der Waals surface area (Å²) in [6.07, 6.45) is 0.0926. The number of ether oxygens (including phenoxy) is 1. The van der Waals surface area contributed by atoms with E-state index in [9.17, 15) is 0 Å². The zero-order valence-electron chi connectivity index (χ0n) is 10.2. The zero-order valence-corrected chi connectivity index (χ0v) is 10.2. The summed E-state index contributed by atoms with van der Waals surface area (Å²) in [5.74, 6) is 0.784. The van der Waals surface area contributed by atoms with Crippen LogP contribution >= 0.6 is 0 Å². The van der Waals surface area contributed by atoms with E-state index in [4.69, 9.17) is 15.9 Å². The summed E-state index contributed by atoms with van der Waals surface area (Å²) in [4.78, 5) is 0. The summed E-state index contributed by atoms with van der Waals surface area (Å²) in [5, 5.41) is 14.9. The molecule has 0 aliphatic carbocycles. The SMILES string of the molecule is COC(C)CNc1c(C(=N)N)c(C)nn1C. The number of nitrogens with one attached hydrogen (secondary N) is 2. The number of aryl methyl sites for hydroxylation is 2. The number of hydrogen-bond acceptors (Lipinski definition) is 4. The van der Waals surface area contributed by atoms with Crippen molar-refractivity contribution in [2.75, 3.05) is 19.0 Å². The number of methoxy groups -OCH3 is 1. The number of nitrogens with two attached hydrogens (primary N) is 1. The minimum Gasteiger partial charge on any atom is -0.384 e. The van der Waals surface area contributed by atoms with Crippen LogP contribution < -0.4 is 11.1 Å². The van der Waals surface area contributed by atoms with Crippen LogP contribution in [-0.2, 0) is 11.8 Å². The Hall–Kier alpha value is -1.56. The van der Waals surface area contributed by atoms with Crippen molar-refractivity contribution in [2.45, 2.75) is 20.0 Å². The van der Waals surface area contributed by atoms with Crippen molar-refractivity contribution in [1.82, 2.24) is 9.78 Å². The van der Waals surface area contributed by atoms with Gasteiger partial charge in [0.05, 0.1) is 17.4 Å². The van der Waals surface area contributed by atoms with Gasteiger partial charge in [-0.3, -0.25) is 10.1 Å². The van der Waals surface area contributed by atoms with Gasteiger partial charge in [-0.05, 0) is 13.8 Å². The molecular formula is C10H19N5O. The number of aromatic nitrogens is 2. The van der Waals surface area contributed by atoms with Crippen LogP contribution in [0.15, 0.2) is 0 Å². The highest BCUT2D eigenvalue weighted by molar-refractivity contribution is 6.00. The third-order valence-corrected chi connectivity index (χ3v) is 2.45. The van der Waals surface area contributed by atoms with Gasteiger partial charge in [-0.1, -0.05) is 0 Å². The molecular weight excluding hydrogens is 206 g/mol. The van der Waals surface area contributed by atoms with E-state index in [1.54, 1.807) is 11.8 Å². The van der Waals surface area contributed by atoms with Gasteiger partial charge >= 0.3 is 0 Å². The van der Waals surface area contributed by atoms with Gasteiger partial charge in [0.2, 0.25) is 0 Å². The summed E-state index contributed by atoms with van der Waals surface area (Å²) < 4.78 is 6.83. The van der Waals surface area contributed by atoms with Gasteiger partial charge in [-0.25, -0.2) is 0 Å². The number of nitrogens with zero attached hydrogens (tertiary/aromatic N) is 2. The van der Waals surface area contributed by atoms with Crippen LogP contribution in [0, 0.1) is 12.3 Å². The lowest BCUT2D eigenvalue weighted by Gasteiger charge is -2.13. The van der Waals surface area contributed by atoms with E-state index in [2.05, 4.69) is 10.4 Å². The Kier molecular flexibility index (Phi) is 3.89. The molecule has 1 heterocycles. The van der Waals surface area contributed by atoms with E-state index < -0.39 is 0 Å². The lowest BCUT2D eigenvalue weighted by molar-refractivity contribution is 0.128. The molecule has 0 aliphatic rings. The highest BCUT2D eigenvalue weighted by atomic mass is 16.5. The molecule has 0 saturated heterocycles. The zero-order chi connectivity index (χ0) is 12.3. The maximum atomic E-state index is 7.51. The summed E-state index contributed by atoms with van der Waals surface area (Å²) in [6.45, 7) is 4.45. The average molecular weight is 225 g/mol. The van der Waals surface area contributed by atoms with Crippen molar-refractivity contribution in [1.29, 1.82) is 5.41 Å². The van der Waals surface area contributed by atoms with Gasteiger partial charge in [0.15, 0.2) is 0 Å². The van der Waals surface area contributed by atoms with Gasteiger partial charge < -0.3 is 15.8 Å². The molecule has 1 unspecified atom stereocenters. The van der Waals surface area contributed by atoms with E-state index >= 15 is 0 Å². The average Bonchev–Trinajstić information content (AvgIpc) is 2.49. The minimum atomic E-state index is 0.0261. The molecule has 6 nitrogen and oxygen atoms in total. The van der Waals surface area contributed by atoms with Crippen LogP contribution in [0.4, 0.5) is 5.82 Å². The lowest BCUT2D eigenvalue weighted by Crippen LogP contribution is -2.22. The lowest BCUT2D eigenvalue weighted by atomic mass is 10.2. The number of amidine groups is 1. The van der Waals surface area contributed by atoms with Crippen LogP contribution in [0.5, 0.6) is 0 Å². The quantitative estimate of drug-likeness (QED) is 0.501. The molecule has 0 radical (unpaired) electrons. The van der Waals surface area contributed by atoms with E-state index in [-0.39, 0.29) is 11.9 Å². The predicted octanol–water partition coefficient (Wildman–Crippen LogP) is 0.459. The van der Waals surface area contributed by atoms with Crippen LogP contribution in [0.3, 0.4) is 0 Å². The second-order valence-corrected chi connectivity index (χ2v) is 3.77. The van der Waals surface area contributed by atoms with E-state index in [0.717, 1.165) is 11.5 Å². The fourth-order valence-electron chi connectivity index (χ4n) is 1.51. The highest BCUT2D eigenvalue weighted by Gasteiger charge is 2.15. The molecule has 0 amide bonds. The van der Waals surface area contributed by atoms with E-state index in [1.165, 1.54) is 0 Å². The van der Waals surface area contributed by atoms with E-state index in [0.29, 0.717) is 12.1 Å². The first-order valence-corrected chi connectivity index (χ1v) is 5.12. The fourth-order valence-corrected chi connectivity index (χ4v) is 1.51. The Balaban J connectivity index is 2.90. The molecule has 0 aromatic carbocycles. The molecule has 6 heteroatoms. The monoisotopic (exact) mass is 225 g/mol. The second-order valence-electron chi connectivity index (χ2n) is 3.77. The van der Waals surface area contributed by atoms with Gasteiger partial charge in [-0.15, -0.1) is 0 Å². The molecule has 90 valence electrons. The molecule has 16 heavy (non-hydrogen) atoms. The molecule has 0 saturated carbocycles. The van der Waals surface area contributed by atoms with Crippen LogP contribution in [0.2, 0.25) is 0 Å². The molecule has 1 rings (SSSR count). The van der Waals surface area contributed by atoms with Gasteiger partial charge in [0, 0.05) is 20.7 Å². The van der Waals surface area contributed by atoms with Crippen molar-refractivity contribution < 1.29 is 4.74 Å². The number of nitrogen functional groups attached to an aromatic ring is 1. The Labute approximate surface area is 95.3 Å². The Bertz CT molecular complexity index is 385. The first kappa shape index (κ1) is 12.5. The largest absolute Gasteiger partial charge is 0.384 e.